The quantitative estimate of drug-likeness (QED) is 0.590. The summed E-state index contributed by atoms with van der Waals surface area (Å²) in [5.74, 6) is 0. The Morgan fingerprint density at radius 3 is 2.00 bits per heavy atom. The van der Waals surface area contributed by atoms with Crippen molar-refractivity contribution in [1.82, 2.24) is 5.32 Å². The Balaban J connectivity index is 4.15. The number of nitrogens with one attached hydrogen (secondary N) is 1. The Hall–Kier alpha value is -0.970. The molecule has 0 aliphatic carbocycles. The summed E-state index contributed by atoms with van der Waals surface area (Å²) in [6.07, 6.45) is 0. The van der Waals surface area contributed by atoms with Crippen LogP contribution in [0.25, 0.3) is 0 Å². The second-order valence-corrected chi connectivity index (χ2v) is 2.79. The molecule has 0 bridgehead atoms. The summed E-state index contributed by atoms with van der Waals surface area (Å²) in [5.41, 5.74) is 1.73. The molecule has 2 nitrogen and oxygen atoms in total. The first kappa shape index (κ1) is 9.03. The molecule has 0 aliphatic rings. The molecule has 0 aromatic heterocycles. The van der Waals surface area contributed by atoms with Crippen molar-refractivity contribution in [2.75, 3.05) is 0 Å². The van der Waals surface area contributed by atoms with E-state index in [4.69, 9.17) is 5.26 Å². The minimum atomic E-state index is 0.338. The molecular weight excluding hydrogens is 124 g/mol. The maximum atomic E-state index is 8.57. The second kappa shape index (κ2) is 3.94. The summed E-state index contributed by atoms with van der Waals surface area (Å²) in [6, 6.07) is 2.44. The van der Waals surface area contributed by atoms with Gasteiger partial charge in [0, 0.05) is 6.04 Å². The number of hydrogen-bond acceptors (Lipinski definition) is 2. The zero-order valence-electron chi connectivity index (χ0n) is 7.02. The Labute approximate surface area is 62.5 Å². The third-order valence-electron chi connectivity index (χ3n) is 1.04. The molecule has 0 aromatic rings. The zero-order chi connectivity index (χ0) is 8.15. The molecule has 0 aliphatic heterocycles. The normalized spacial score (nSPS) is 8.80. The molecule has 0 fully saturated rings. The van der Waals surface area contributed by atoms with Crippen LogP contribution in [-0.4, -0.2) is 6.04 Å². The average molecular weight is 138 g/mol. The lowest BCUT2D eigenvalue weighted by Gasteiger charge is -2.08. The predicted molar refractivity (Wildman–Crippen MR) is 42.3 cm³/mol. The van der Waals surface area contributed by atoms with Gasteiger partial charge in [-0.1, -0.05) is 0 Å². The summed E-state index contributed by atoms with van der Waals surface area (Å²) in [5, 5.41) is 11.6. The van der Waals surface area contributed by atoms with Crippen LogP contribution in [0.3, 0.4) is 0 Å². The number of allylic oxidation sites excluding steroid dienone is 2. The highest BCUT2D eigenvalue weighted by molar-refractivity contribution is 5.23. The van der Waals surface area contributed by atoms with Crippen molar-refractivity contribution in [1.29, 1.82) is 5.26 Å². The average Bonchev–Trinajstić information content (AvgIpc) is 1.81. The fourth-order valence-corrected chi connectivity index (χ4v) is 0.577. The van der Waals surface area contributed by atoms with Gasteiger partial charge in [0.2, 0.25) is 0 Å². The van der Waals surface area contributed by atoms with Crippen LogP contribution in [0.15, 0.2) is 11.3 Å². The topological polar surface area (TPSA) is 35.8 Å². The number of rotatable bonds is 2. The van der Waals surface area contributed by atoms with E-state index in [9.17, 15) is 0 Å². The molecule has 0 amide bonds. The van der Waals surface area contributed by atoms with Crippen molar-refractivity contribution in [3.63, 3.8) is 0 Å². The number of nitrogens with zero attached hydrogens (tertiary/aromatic N) is 1. The molecule has 56 valence electrons. The molecule has 0 saturated carbocycles. The van der Waals surface area contributed by atoms with Gasteiger partial charge in [0.15, 0.2) is 0 Å². The summed E-state index contributed by atoms with van der Waals surface area (Å²) >= 11 is 0. The third kappa shape index (κ3) is 3.13. The van der Waals surface area contributed by atoms with E-state index in [2.05, 4.69) is 11.4 Å². The van der Waals surface area contributed by atoms with Gasteiger partial charge in [-0.3, -0.25) is 0 Å². The van der Waals surface area contributed by atoms with Crippen molar-refractivity contribution in [2.24, 2.45) is 0 Å². The molecule has 0 spiro atoms. The Morgan fingerprint density at radius 1 is 1.40 bits per heavy atom. The van der Waals surface area contributed by atoms with Gasteiger partial charge in [0.1, 0.15) is 11.8 Å². The molecule has 1 N–H and O–H groups in total. The summed E-state index contributed by atoms with van der Waals surface area (Å²) < 4.78 is 0. The smallest absolute Gasteiger partial charge is 0.117 e. The van der Waals surface area contributed by atoms with Crippen LogP contribution in [0.2, 0.25) is 0 Å². The van der Waals surface area contributed by atoms with E-state index in [-0.39, 0.29) is 0 Å². The largest absolute Gasteiger partial charge is 0.374 e. The standard InChI is InChI=1S/C8H14N2/c1-6(2)8(5-9)10-7(3)4/h7,10H,1-4H3. The predicted octanol–water partition coefficient (Wildman–Crippen LogP) is 1.80. The van der Waals surface area contributed by atoms with Gasteiger partial charge >= 0.3 is 0 Å². The lowest BCUT2D eigenvalue weighted by molar-refractivity contribution is 0.678. The fraction of sp³-hybridized carbons (Fsp3) is 0.625. The van der Waals surface area contributed by atoms with Crippen LogP contribution in [0.1, 0.15) is 27.7 Å². The second-order valence-electron chi connectivity index (χ2n) is 2.79. The molecule has 0 aromatic carbocycles. The molecule has 0 rings (SSSR count). The lowest BCUT2D eigenvalue weighted by atomic mass is 10.2. The Kier molecular flexibility index (Phi) is 3.56. The molecule has 0 atom stereocenters. The lowest BCUT2D eigenvalue weighted by Crippen LogP contribution is -2.21. The van der Waals surface area contributed by atoms with Gasteiger partial charge in [-0.15, -0.1) is 0 Å². The highest BCUT2D eigenvalue weighted by Crippen LogP contribution is 1.98. The summed E-state index contributed by atoms with van der Waals surface area (Å²) in [7, 11) is 0. The first-order valence-electron chi connectivity index (χ1n) is 3.42. The van der Waals surface area contributed by atoms with Crippen molar-refractivity contribution in [2.45, 2.75) is 33.7 Å². The van der Waals surface area contributed by atoms with Gasteiger partial charge in [-0.05, 0) is 33.3 Å². The van der Waals surface area contributed by atoms with Crippen LogP contribution >= 0.6 is 0 Å². The van der Waals surface area contributed by atoms with Gasteiger partial charge in [-0.2, -0.15) is 5.26 Å². The first-order valence-corrected chi connectivity index (χ1v) is 3.42. The van der Waals surface area contributed by atoms with E-state index in [0.717, 1.165) is 5.57 Å². The van der Waals surface area contributed by atoms with Crippen LogP contribution in [0.5, 0.6) is 0 Å². The van der Waals surface area contributed by atoms with Crippen LogP contribution in [0.4, 0.5) is 0 Å². The molecule has 10 heavy (non-hydrogen) atoms. The van der Waals surface area contributed by atoms with Crippen LogP contribution in [-0.2, 0) is 0 Å². The zero-order valence-corrected chi connectivity index (χ0v) is 7.02. The minimum absolute atomic E-state index is 0.338. The van der Waals surface area contributed by atoms with Gasteiger partial charge in [0.05, 0.1) is 0 Å². The monoisotopic (exact) mass is 138 g/mol. The van der Waals surface area contributed by atoms with Crippen molar-refractivity contribution in [3.8, 4) is 6.07 Å². The Morgan fingerprint density at radius 2 is 1.90 bits per heavy atom. The van der Waals surface area contributed by atoms with E-state index in [1.54, 1.807) is 0 Å². The first-order chi connectivity index (χ1) is 4.57. The third-order valence-corrected chi connectivity index (χ3v) is 1.04. The fourth-order valence-electron chi connectivity index (χ4n) is 0.577. The van der Waals surface area contributed by atoms with E-state index in [1.165, 1.54) is 0 Å². The van der Waals surface area contributed by atoms with Crippen molar-refractivity contribution >= 4 is 0 Å². The van der Waals surface area contributed by atoms with Crippen molar-refractivity contribution in [3.05, 3.63) is 11.3 Å². The molecule has 0 radical (unpaired) electrons. The Bertz CT molecular complexity index is 168. The van der Waals surface area contributed by atoms with Crippen LogP contribution in [0, 0.1) is 11.3 Å². The molecule has 0 heterocycles. The minimum Gasteiger partial charge on any atom is -0.374 e. The number of hydrogen-bond donors (Lipinski definition) is 1. The SMILES string of the molecule is CC(C)=C(C#N)NC(C)C. The van der Waals surface area contributed by atoms with E-state index < -0.39 is 0 Å². The highest BCUT2D eigenvalue weighted by Gasteiger charge is 1.97. The van der Waals surface area contributed by atoms with E-state index >= 15 is 0 Å². The number of nitriles is 1. The van der Waals surface area contributed by atoms with Gasteiger partial charge < -0.3 is 5.32 Å². The van der Waals surface area contributed by atoms with E-state index in [0.29, 0.717) is 11.7 Å². The highest BCUT2D eigenvalue weighted by atomic mass is 14.9. The molecule has 0 saturated heterocycles. The summed E-state index contributed by atoms with van der Waals surface area (Å²) in [4.78, 5) is 0. The van der Waals surface area contributed by atoms with Gasteiger partial charge in [-0.25, -0.2) is 0 Å². The molecule has 2 heteroatoms. The molecule has 0 unspecified atom stereocenters. The maximum absolute atomic E-state index is 8.57. The van der Waals surface area contributed by atoms with E-state index in [1.807, 2.05) is 27.7 Å². The molecular formula is C8H14N2. The van der Waals surface area contributed by atoms with Gasteiger partial charge in [0.25, 0.3) is 0 Å². The summed E-state index contributed by atoms with van der Waals surface area (Å²) in [6.45, 7) is 7.88. The van der Waals surface area contributed by atoms with Crippen LogP contribution < -0.4 is 5.32 Å². The maximum Gasteiger partial charge on any atom is 0.117 e. The van der Waals surface area contributed by atoms with Crippen molar-refractivity contribution < 1.29 is 0 Å².